The normalized spacial score (nSPS) is 12.2. The van der Waals surface area contributed by atoms with Crippen LogP contribution in [0, 0.1) is 5.92 Å². The average Bonchev–Trinajstić information content (AvgIpc) is 2.12. The molecule has 0 fully saturated rings. The van der Waals surface area contributed by atoms with Crippen molar-refractivity contribution in [2.24, 2.45) is 5.92 Å². The molecule has 0 bridgehead atoms. The Bertz CT molecular complexity index is 154. The van der Waals surface area contributed by atoms with Gasteiger partial charge in [-0.25, -0.2) is 0 Å². The molecule has 0 aliphatic rings. The first-order valence-corrected chi connectivity index (χ1v) is 4.85. The van der Waals surface area contributed by atoms with Gasteiger partial charge >= 0.3 is 5.97 Å². The van der Waals surface area contributed by atoms with Crippen LogP contribution in [0.1, 0.15) is 39.5 Å². The summed E-state index contributed by atoms with van der Waals surface area (Å²) in [5.41, 5.74) is 0. The van der Waals surface area contributed by atoms with E-state index in [1.54, 1.807) is 6.92 Å². The number of aldehydes is 1. The molecule has 0 heterocycles. The monoisotopic (exact) mass is 186 g/mol. The minimum absolute atomic E-state index is 0.0226. The molecule has 13 heavy (non-hydrogen) atoms. The minimum atomic E-state index is -0.203. The Labute approximate surface area is 79.5 Å². The predicted molar refractivity (Wildman–Crippen MR) is 50.3 cm³/mol. The molecular weight excluding hydrogens is 168 g/mol. The molecule has 76 valence electrons. The number of hydrogen-bond donors (Lipinski definition) is 0. The lowest BCUT2D eigenvalue weighted by Gasteiger charge is -2.07. The molecule has 1 unspecified atom stereocenters. The summed E-state index contributed by atoms with van der Waals surface area (Å²) in [6, 6.07) is 0. The van der Waals surface area contributed by atoms with Gasteiger partial charge in [-0.15, -0.1) is 0 Å². The van der Waals surface area contributed by atoms with E-state index >= 15 is 0 Å². The third kappa shape index (κ3) is 6.31. The Morgan fingerprint density at radius 1 is 1.38 bits per heavy atom. The molecule has 1 atom stereocenters. The lowest BCUT2D eigenvalue weighted by atomic mass is 10.00. The molecule has 0 radical (unpaired) electrons. The van der Waals surface area contributed by atoms with Gasteiger partial charge in [0.25, 0.3) is 0 Å². The van der Waals surface area contributed by atoms with Crippen molar-refractivity contribution in [1.29, 1.82) is 0 Å². The molecule has 0 N–H and O–H groups in total. The molecule has 0 spiro atoms. The van der Waals surface area contributed by atoms with E-state index < -0.39 is 0 Å². The summed E-state index contributed by atoms with van der Waals surface area (Å²) >= 11 is 0. The van der Waals surface area contributed by atoms with Gasteiger partial charge < -0.3 is 9.53 Å². The van der Waals surface area contributed by atoms with E-state index in [-0.39, 0.29) is 11.9 Å². The van der Waals surface area contributed by atoms with Gasteiger partial charge in [0.1, 0.15) is 6.29 Å². The smallest absolute Gasteiger partial charge is 0.305 e. The Morgan fingerprint density at radius 2 is 2.08 bits per heavy atom. The van der Waals surface area contributed by atoms with E-state index in [2.05, 4.69) is 0 Å². The molecule has 0 aliphatic heterocycles. The third-order valence-electron chi connectivity index (χ3n) is 1.88. The molecule has 0 aromatic heterocycles. The Balaban J connectivity index is 3.58. The van der Waals surface area contributed by atoms with Crippen LogP contribution in [-0.2, 0) is 14.3 Å². The van der Waals surface area contributed by atoms with E-state index in [1.807, 2.05) is 6.92 Å². The van der Waals surface area contributed by atoms with E-state index in [0.717, 1.165) is 19.1 Å². The fourth-order valence-corrected chi connectivity index (χ4v) is 1.19. The van der Waals surface area contributed by atoms with E-state index in [4.69, 9.17) is 4.74 Å². The van der Waals surface area contributed by atoms with Crippen molar-refractivity contribution >= 4 is 12.3 Å². The van der Waals surface area contributed by atoms with Crippen LogP contribution in [0.4, 0.5) is 0 Å². The van der Waals surface area contributed by atoms with Gasteiger partial charge in [0.2, 0.25) is 0 Å². The van der Waals surface area contributed by atoms with E-state index in [0.29, 0.717) is 19.4 Å². The second-order valence-electron chi connectivity index (χ2n) is 3.03. The lowest BCUT2D eigenvalue weighted by Crippen LogP contribution is -2.08. The van der Waals surface area contributed by atoms with Crippen molar-refractivity contribution in [2.45, 2.75) is 39.5 Å². The van der Waals surface area contributed by atoms with Crippen LogP contribution in [0.2, 0.25) is 0 Å². The van der Waals surface area contributed by atoms with Gasteiger partial charge in [-0.3, -0.25) is 4.79 Å². The maximum Gasteiger partial charge on any atom is 0.305 e. The second-order valence-corrected chi connectivity index (χ2v) is 3.03. The summed E-state index contributed by atoms with van der Waals surface area (Å²) in [5.74, 6) is -0.181. The zero-order valence-corrected chi connectivity index (χ0v) is 8.41. The van der Waals surface area contributed by atoms with Crippen molar-refractivity contribution < 1.29 is 14.3 Å². The number of hydrogen-bond acceptors (Lipinski definition) is 3. The van der Waals surface area contributed by atoms with Crippen LogP contribution in [-0.4, -0.2) is 18.9 Å². The summed E-state index contributed by atoms with van der Waals surface area (Å²) in [5, 5.41) is 0. The highest BCUT2D eigenvalue weighted by Crippen LogP contribution is 2.10. The highest BCUT2D eigenvalue weighted by molar-refractivity contribution is 5.69. The Hall–Kier alpha value is -0.860. The van der Waals surface area contributed by atoms with Crippen molar-refractivity contribution in [2.75, 3.05) is 6.61 Å². The second kappa shape index (κ2) is 7.77. The first-order chi connectivity index (χ1) is 6.24. The molecule has 0 saturated carbocycles. The first-order valence-electron chi connectivity index (χ1n) is 4.85. The fourth-order valence-electron chi connectivity index (χ4n) is 1.19. The maximum absolute atomic E-state index is 10.9. The highest BCUT2D eigenvalue weighted by atomic mass is 16.5. The molecule has 0 amide bonds. The molecule has 3 nitrogen and oxygen atoms in total. The number of ether oxygens (including phenoxy) is 1. The van der Waals surface area contributed by atoms with Gasteiger partial charge in [0.05, 0.1) is 6.61 Å². The number of rotatable bonds is 7. The maximum atomic E-state index is 10.9. The summed E-state index contributed by atoms with van der Waals surface area (Å²) in [6.45, 7) is 4.22. The van der Waals surface area contributed by atoms with E-state index in [1.165, 1.54) is 0 Å². The van der Waals surface area contributed by atoms with Crippen molar-refractivity contribution in [1.82, 2.24) is 0 Å². The summed E-state index contributed by atoms with van der Waals surface area (Å²) in [4.78, 5) is 21.4. The molecule has 0 aliphatic carbocycles. The van der Waals surface area contributed by atoms with Gasteiger partial charge in [-0.05, 0) is 19.8 Å². The number of carbonyl (C=O) groups excluding carboxylic acids is 2. The van der Waals surface area contributed by atoms with Crippen LogP contribution >= 0.6 is 0 Å². The standard InChI is InChI=1S/C10H18O3/c1-3-5-9(8-11)6-7-10(12)13-4-2/h8-9H,3-7H2,1-2H3. The molecule has 0 rings (SSSR count). The Kier molecular flexibility index (Phi) is 7.26. The zero-order chi connectivity index (χ0) is 10.1. The third-order valence-corrected chi connectivity index (χ3v) is 1.88. The summed E-state index contributed by atoms with van der Waals surface area (Å²) in [7, 11) is 0. The Morgan fingerprint density at radius 3 is 2.54 bits per heavy atom. The van der Waals surface area contributed by atoms with Crippen LogP contribution in [0.15, 0.2) is 0 Å². The highest BCUT2D eigenvalue weighted by Gasteiger charge is 2.09. The fraction of sp³-hybridized carbons (Fsp3) is 0.800. The van der Waals surface area contributed by atoms with Crippen LogP contribution in [0.25, 0.3) is 0 Å². The van der Waals surface area contributed by atoms with Gasteiger partial charge in [-0.1, -0.05) is 13.3 Å². The molecule has 3 heteroatoms. The topological polar surface area (TPSA) is 43.4 Å². The van der Waals surface area contributed by atoms with Crippen LogP contribution in [0.5, 0.6) is 0 Å². The number of esters is 1. The van der Waals surface area contributed by atoms with E-state index in [9.17, 15) is 9.59 Å². The van der Waals surface area contributed by atoms with Gasteiger partial charge in [0, 0.05) is 12.3 Å². The zero-order valence-electron chi connectivity index (χ0n) is 8.41. The molecule has 0 aromatic rings. The van der Waals surface area contributed by atoms with Gasteiger partial charge in [0.15, 0.2) is 0 Å². The van der Waals surface area contributed by atoms with Crippen LogP contribution in [0.3, 0.4) is 0 Å². The quantitative estimate of drug-likeness (QED) is 0.451. The molecular formula is C10H18O3. The molecule has 0 saturated heterocycles. The minimum Gasteiger partial charge on any atom is -0.466 e. The van der Waals surface area contributed by atoms with Crippen molar-refractivity contribution in [3.8, 4) is 0 Å². The van der Waals surface area contributed by atoms with Gasteiger partial charge in [-0.2, -0.15) is 0 Å². The predicted octanol–water partition coefficient (Wildman–Crippen LogP) is 1.94. The number of carbonyl (C=O) groups is 2. The van der Waals surface area contributed by atoms with Crippen molar-refractivity contribution in [3.63, 3.8) is 0 Å². The summed E-state index contributed by atoms with van der Waals surface area (Å²) in [6.07, 6.45) is 3.76. The average molecular weight is 186 g/mol. The van der Waals surface area contributed by atoms with Crippen molar-refractivity contribution in [3.05, 3.63) is 0 Å². The molecule has 0 aromatic carbocycles. The largest absolute Gasteiger partial charge is 0.466 e. The van der Waals surface area contributed by atoms with Crippen LogP contribution < -0.4 is 0 Å². The lowest BCUT2D eigenvalue weighted by molar-refractivity contribution is -0.143. The SMILES string of the molecule is CCCC(C=O)CCC(=O)OCC. The summed E-state index contributed by atoms with van der Waals surface area (Å²) < 4.78 is 4.76. The first kappa shape index (κ1) is 12.1.